The van der Waals surface area contributed by atoms with Gasteiger partial charge < -0.3 is 33.9 Å². The molecule has 6 rings (SSSR count). The summed E-state index contributed by atoms with van der Waals surface area (Å²) in [5, 5.41) is 15.1. The Kier molecular flexibility index (Phi) is 7.79. The highest BCUT2D eigenvalue weighted by molar-refractivity contribution is 6.19. The lowest BCUT2D eigenvalue weighted by molar-refractivity contribution is 0.0982. The third-order valence-corrected chi connectivity index (χ3v) is 7.85. The fourth-order valence-electron chi connectivity index (χ4n) is 5.43. The average Bonchev–Trinajstić information content (AvgIpc) is 3.62. The number of phenols is 1. The van der Waals surface area contributed by atoms with E-state index in [-0.39, 0.29) is 35.1 Å². The molecule has 0 aliphatic carbocycles. The van der Waals surface area contributed by atoms with Gasteiger partial charge in [0.2, 0.25) is 0 Å². The van der Waals surface area contributed by atoms with Crippen LogP contribution in [0.4, 0.5) is 11.4 Å². The second kappa shape index (κ2) is 11.8. The van der Waals surface area contributed by atoms with Crippen LogP contribution in [0.15, 0.2) is 73.1 Å². The number of aromatic hydroxyl groups is 1. The number of rotatable bonds is 9. The summed E-state index contributed by atoms with van der Waals surface area (Å²) in [6.45, 7) is 1.23. The van der Waals surface area contributed by atoms with E-state index in [4.69, 9.17) is 25.8 Å². The van der Waals surface area contributed by atoms with Gasteiger partial charge in [-0.05, 0) is 48.0 Å². The summed E-state index contributed by atoms with van der Waals surface area (Å²) in [5.41, 5.74) is 3.19. The van der Waals surface area contributed by atoms with Crippen molar-refractivity contribution in [2.45, 2.75) is 5.92 Å². The predicted octanol–water partition coefficient (Wildman–Crippen LogP) is 5.46. The average molecular weight is 601 g/mol. The molecule has 43 heavy (non-hydrogen) atoms. The Balaban J connectivity index is 1.24. The normalized spacial score (nSPS) is 14.2. The third-order valence-electron chi connectivity index (χ3n) is 7.47. The number of phenolic OH excluding ortho intramolecular Hbond substituents is 1. The largest absolute Gasteiger partial charge is 0.507 e. The number of hydrogen-bond donors (Lipinski definition) is 2. The Hall–Kier alpha value is -4.80. The number of benzene rings is 3. The van der Waals surface area contributed by atoms with Gasteiger partial charge in [0.05, 0.1) is 25.1 Å². The standard InChI is InChI=1S/C32H29ClN4O6/c1-41-12-13-43-22-9-6-19(7-10-22)31(39)34-21-8-11-28-35-24(18-36(28)17-21)32(40)37-16-20(15-33)29-25(37)14-26(38)23-4-3-5-27(42-2)30(23)29/h3-11,14,17-18,20,38H,12-13,15-16H2,1-2H3,(H,34,39)/t20-/m1/s1. The van der Waals surface area contributed by atoms with Crippen LogP contribution >= 0.6 is 11.6 Å². The molecule has 220 valence electrons. The smallest absolute Gasteiger partial charge is 0.278 e. The first-order chi connectivity index (χ1) is 20.9. The Labute approximate surface area is 252 Å². The summed E-state index contributed by atoms with van der Waals surface area (Å²) in [6, 6.07) is 17.3. The van der Waals surface area contributed by atoms with Crippen LogP contribution in [0.5, 0.6) is 17.2 Å². The van der Waals surface area contributed by atoms with Gasteiger partial charge in [-0.15, -0.1) is 11.6 Å². The number of hydrogen-bond acceptors (Lipinski definition) is 7. The number of carbonyl (C=O) groups is 2. The zero-order valence-corrected chi connectivity index (χ0v) is 24.3. The molecule has 11 heteroatoms. The van der Waals surface area contributed by atoms with Gasteiger partial charge in [-0.2, -0.15) is 0 Å². The van der Waals surface area contributed by atoms with E-state index < -0.39 is 0 Å². The first-order valence-electron chi connectivity index (χ1n) is 13.6. The molecule has 3 heterocycles. The quantitative estimate of drug-likeness (QED) is 0.170. The van der Waals surface area contributed by atoms with Crippen molar-refractivity contribution in [2.24, 2.45) is 0 Å². The maximum atomic E-state index is 13.8. The molecule has 0 bridgehead atoms. The molecule has 0 spiro atoms. The van der Waals surface area contributed by atoms with E-state index >= 15 is 0 Å². The molecule has 2 amide bonds. The number of carbonyl (C=O) groups excluding carboxylic acids is 2. The fourth-order valence-corrected chi connectivity index (χ4v) is 5.68. The molecule has 0 saturated heterocycles. The van der Waals surface area contributed by atoms with E-state index in [2.05, 4.69) is 10.3 Å². The lowest BCUT2D eigenvalue weighted by Gasteiger charge is -2.17. The molecule has 3 aromatic carbocycles. The first kappa shape index (κ1) is 28.3. The highest BCUT2D eigenvalue weighted by Crippen LogP contribution is 2.48. The number of aromatic nitrogens is 2. The van der Waals surface area contributed by atoms with Gasteiger partial charge in [0.25, 0.3) is 11.8 Å². The van der Waals surface area contributed by atoms with Gasteiger partial charge in [0, 0.05) is 60.2 Å². The van der Waals surface area contributed by atoms with E-state index in [0.29, 0.717) is 59.2 Å². The number of amides is 2. The number of anilines is 2. The van der Waals surface area contributed by atoms with Gasteiger partial charge in [-0.3, -0.25) is 9.59 Å². The molecular weight excluding hydrogens is 572 g/mol. The number of nitrogens with zero attached hydrogens (tertiary/aromatic N) is 3. The van der Waals surface area contributed by atoms with Gasteiger partial charge in [0.1, 0.15) is 35.2 Å². The summed E-state index contributed by atoms with van der Waals surface area (Å²) in [4.78, 5) is 32.8. The second-order valence-electron chi connectivity index (χ2n) is 10.1. The SMILES string of the molecule is COCCOc1ccc(C(=O)Nc2ccc3nc(C(=O)N4C[C@@H](CCl)c5c4cc(O)c4cccc(OC)c54)cn3c2)cc1. The zero-order valence-electron chi connectivity index (χ0n) is 23.5. The number of pyridine rings is 1. The van der Waals surface area contributed by atoms with Gasteiger partial charge in [0.15, 0.2) is 0 Å². The Morgan fingerprint density at radius 2 is 1.88 bits per heavy atom. The number of ether oxygens (including phenoxy) is 3. The maximum Gasteiger partial charge on any atom is 0.278 e. The van der Waals surface area contributed by atoms with E-state index in [0.717, 1.165) is 10.9 Å². The molecule has 0 radical (unpaired) electrons. The summed E-state index contributed by atoms with van der Waals surface area (Å²) in [7, 11) is 3.18. The number of nitrogens with one attached hydrogen (secondary N) is 1. The minimum atomic E-state index is -0.329. The monoisotopic (exact) mass is 600 g/mol. The van der Waals surface area contributed by atoms with Crippen molar-refractivity contribution in [3.05, 3.63) is 89.9 Å². The highest BCUT2D eigenvalue weighted by Gasteiger charge is 2.36. The maximum absolute atomic E-state index is 13.8. The molecule has 10 nitrogen and oxygen atoms in total. The van der Waals surface area contributed by atoms with Crippen LogP contribution in [0, 0.1) is 0 Å². The van der Waals surface area contributed by atoms with Crippen molar-refractivity contribution in [3.8, 4) is 17.2 Å². The van der Waals surface area contributed by atoms with E-state index in [1.165, 1.54) is 0 Å². The topological polar surface area (TPSA) is 115 Å². The van der Waals surface area contributed by atoms with Crippen molar-refractivity contribution >= 4 is 51.2 Å². The van der Waals surface area contributed by atoms with Crippen LogP contribution in [0.2, 0.25) is 0 Å². The molecule has 1 atom stereocenters. The molecule has 1 aliphatic heterocycles. The minimum absolute atomic E-state index is 0.0457. The second-order valence-corrected chi connectivity index (χ2v) is 10.4. The van der Waals surface area contributed by atoms with Gasteiger partial charge >= 0.3 is 0 Å². The third kappa shape index (κ3) is 5.31. The van der Waals surface area contributed by atoms with Gasteiger partial charge in [-0.25, -0.2) is 4.98 Å². The van der Waals surface area contributed by atoms with Crippen molar-refractivity contribution in [3.63, 3.8) is 0 Å². The van der Waals surface area contributed by atoms with Crippen LogP contribution in [-0.4, -0.2) is 66.2 Å². The van der Waals surface area contributed by atoms with Crippen LogP contribution in [0.1, 0.15) is 32.3 Å². The highest BCUT2D eigenvalue weighted by atomic mass is 35.5. The van der Waals surface area contributed by atoms with Crippen molar-refractivity contribution < 1.29 is 28.9 Å². The molecule has 0 fully saturated rings. The van der Waals surface area contributed by atoms with E-state index in [1.807, 2.05) is 18.2 Å². The van der Waals surface area contributed by atoms with Crippen LogP contribution in [0.25, 0.3) is 16.4 Å². The molecule has 2 N–H and O–H groups in total. The predicted molar refractivity (Wildman–Crippen MR) is 164 cm³/mol. The Morgan fingerprint density at radius 3 is 2.63 bits per heavy atom. The summed E-state index contributed by atoms with van der Waals surface area (Å²) < 4.78 is 17.8. The van der Waals surface area contributed by atoms with Crippen molar-refractivity contribution in [1.82, 2.24) is 9.38 Å². The summed E-state index contributed by atoms with van der Waals surface area (Å²) in [6.07, 6.45) is 3.32. The summed E-state index contributed by atoms with van der Waals surface area (Å²) >= 11 is 6.38. The van der Waals surface area contributed by atoms with Crippen molar-refractivity contribution in [2.75, 3.05) is 50.1 Å². The van der Waals surface area contributed by atoms with Crippen molar-refractivity contribution in [1.29, 1.82) is 0 Å². The molecule has 0 saturated carbocycles. The number of alkyl halides is 1. The zero-order chi connectivity index (χ0) is 30.1. The van der Waals surface area contributed by atoms with E-state index in [9.17, 15) is 14.7 Å². The van der Waals surface area contributed by atoms with E-state index in [1.54, 1.807) is 78.4 Å². The number of imidazole rings is 1. The van der Waals surface area contributed by atoms with Crippen LogP contribution in [0.3, 0.4) is 0 Å². The summed E-state index contributed by atoms with van der Waals surface area (Å²) in [5.74, 6) is 0.794. The number of fused-ring (bicyclic) bond motifs is 4. The molecular formula is C32H29ClN4O6. The van der Waals surface area contributed by atoms with Crippen LogP contribution < -0.4 is 19.7 Å². The first-order valence-corrected chi connectivity index (χ1v) is 14.2. The lowest BCUT2D eigenvalue weighted by atomic mass is 9.94. The lowest BCUT2D eigenvalue weighted by Crippen LogP contribution is -2.30. The van der Waals surface area contributed by atoms with Gasteiger partial charge in [-0.1, -0.05) is 12.1 Å². The number of methoxy groups -OCH3 is 2. The van der Waals surface area contributed by atoms with Crippen LogP contribution in [-0.2, 0) is 4.74 Å². The molecule has 5 aromatic rings. The molecule has 1 aliphatic rings. The number of halogens is 1. The Morgan fingerprint density at radius 1 is 1.07 bits per heavy atom. The fraction of sp³-hybridized carbons (Fsp3) is 0.219. The minimum Gasteiger partial charge on any atom is -0.507 e. The Bertz CT molecular complexity index is 1840. The molecule has 2 aromatic heterocycles. The molecule has 0 unspecified atom stereocenters.